The molecule has 0 saturated carbocycles. The lowest BCUT2D eigenvalue weighted by molar-refractivity contribution is -0.121. The standard InChI is InChI=1S/C30H24FN5O/c1-18-24-10-11-26-28(30(24,2)14-25(32-3)27(18)37)35-29(36(26)23-9-5-8-22(31)13-23)20-7-4-6-19(12-20)21-15-33-17-34-16-21/h4-9,12-18,24H,10-11H2,1-2H3/t18-,24-,30-/m1/s1. The quantitative estimate of drug-likeness (QED) is 0.332. The Kier molecular flexibility index (Phi) is 5.34. The fourth-order valence-corrected chi connectivity index (χ4v) is 6.06. The van der Waals surface area contributed by atoms with Gasteiger partial charge in [0.05, 0.1) is 18.0 Å². The average molecular weight is 490 g/mol. The van der Waals surface area contributed by atoms with Gasteiger partial charge in [-0.3, -0.25) is 4.57 Å². The molecule has 0 amide bonds. The number of hydrogen-bond acceptors (Lipinski definition) is 4. The van der Waals surface area contributed by atoms with E-state index in [0.29, 0.717) is 17.9 Å². The first-order chi connectivity index (χ1) is 17.9. The Balaban J connectivity index is 1.61. The minimum atomic E-state index is -0.584. The smallest absolute Gasteiger partial charge is 0.226 e. The number of halogens is 1. The number of carbonyl (C=O) groups is 1. The van der Waals surface area contributed by atoms with Crippen LogP contribution in [-0.2, 0) is 16.6 Å². The van der Waals surface area contributed by atoms with Gasteiger partial charge in [0, 0.05) is 40.5 Å². The maximum Gasteiger partial charge on any atom is 0.226 e. The van der Waals surface area contributed by atoms with Crippen LogP contribution >= 0.6 is 0 Å². The molecule has 6 rings (SSSR count). The van der Waals surface area contributed by atoms with Crippen molar-refractivity contribution in [3.8, 4) is 28.2 Å². The van der Waals surface area contributed by atoms with Crippen LogP contribution in [-0.4, -0.2) is 25.3 Å². The molecule has 0 saturated heterocycles. The van der Waals surface area contributed by atoms with Crippen LogP contribution in [0.1, 0.15) is 31.7 Å². The maximum atomic E-state index is 14.4. The summed E-state index contributed by atoms with van der Waals surface area (Å²) >= 11 is 0. The zero-order valence-corrected chi connectivity index (χ0v) is 20.5. The van der Waals surface area contributed by atoms with Crippen LogP contribution in [0.15, 0.2) is 79.0 Å². The number of fused-ring (bicyclic) bond motifs is 3. The molecule has 37 heavy (non-hydrogen) atoms. The highest BCUT2D eigenvalue weighted by Gasteiger charge is 2.50. The zero-order valence-electron chi connectivity index (χ0n) is 20.5. The third-order valence-electron chi connectivity index (χ3n) is 7.85. The number of Topliss-reactive ketones (excluding diaryl/α,β-unsaturated/α-hetero) is 1. The molecule has 182 valence electrons. The molecule has 2 aromatic heterocycles. The van der Waals surface area contributed by atoms with Crippen molar-refractivity contribution in [2.24, 2.45) is 11.8 Å². The number of ketones is 1. The first kappa shape index (κ1) is 23.0. The number of aromatic nitrogens is 4. The SMILES string of the molecule is [C-]#[N+]C1=C[C@@]2(C)c3nc(-c4cccc(-c5cncnc5)c4)n(-c4cccc(F)c4)c3CC[C@@H]2[C@@H](C)C1=O. The summed E-state index contributed by atoms with van der Waals surface area (Å²) in [5.41, 5.74) is 4.80. The van der Waals surface area contributed by atoms with Gasteiger partial charge in [-0.2, -0.15) is 0 Å². The van der Waals surface area contributed by atoms with Crippen LogP contribution in [0, 0.1) is 24.2 Å². The van der Waals surface area contributed by atoms with E-state index < -0.39 is 5.41 Å². The molecule has 2 heterocycles. The Bertz CT molecular complexity index is 1620. The highest BCUT2D eigenvalue weighted by molar-refractivity contribution is 6.00. The molecule has 3 atom stereocenters. The van der Waals surface area contributed by atoms with Crippen molar-refractivity contribution < 1.29 is 9.18 Å². The summed E-state index contributed by atoms with van der Waals surface area (Å²) in [7, 11) is 0. The maximum absolute atomic E-state index is 14.4. The van der Waals surface area contributed by atoms with E-state index in [1.165, 1.54) is 18.5 Å². The molecule has 0 N–H and O–H groups in total. The van der Waals surface area contributed by atoms with E-state index in [4.69, 9.17) is 11.6 Å². The predicted molar refractivity (Wildman–Crippen MR) is 138 cm³/mol. The van der Waals surface area contributed by atoms with Crippen molar-refractivity contribution in [3.05, 3.63) is 108 Å². The molecule has 0 aliphatic heterocycles. The van der Waals surface area contributed by atoms with Crippen LogP contribution in [0.5, 0.6) is 0 Å². The highest BCUT2D eigenvalue weighted by Crippen LogP contribution is 2.51. The van der Waals surface area contributed by atoms with Gasteiger partial charge in [-0.1, -0.05) is 44.2 Å². The highest BCUT2D eigenvalue weighted by atomic mass is 19.1. The lowest BCUT2D eigenvalue weighted by atomic mass is 9.59. The van der Waals surface area contributed by atoms with Crippen molar-refractivity contribution in [1.29, 1.82) is 0 Å². The van der Waals surface area contributed by atoms with Gasteiger partial charge in [-0.05, 0) is 48.6 Å². The second-order valence-corrected chi connectivity index (χ2v) is 9.98. The van der Waals surface area contributed by atoms with Crippen molar-refractivity contribution in [1.82, 2.24) is 19.5 Å². The Morgan fingerprint density at radius 1 is 1.08 bits per heavy atom. The molecule has 0 spiro atoms. The summed E-state index contributed by atoms with van der Waals surface area (Å²) in [4.78, 5) is 29.9. The van der Waals surface area contributed by atoms with E-state index in [1.54, 1.807) is 18.5 Å². The normalized spacial score (nSPS) is 22.5. The molecule has 0 fully saturated rings. The van der Waals surface area contributed by atoms with Crippen molar-refractivity contribution in [2.45, 2.75) is 32.1 Å². The van der Waals surface area contributed by atoms with E-state index in [9.17, 15) is 9.18 Å². The van der Waals surface area contributed by atoms with Crippen molar-refractivity contribution >= 4 is 5.78 Å². The number of nitrogens with zero attached hydrogens (tertiary/aromatic N) is 5. The first-order valence-electron chi connectivity index (χ1n) is 12.3. The minimum Gasteiger partial charge on any atom is -0.308 e. The molecule has 0 bridgehead atoms. The summed E-state index contributed by atoms with van der Waals surface area (Å²) in [5, 5.41) is 0. The average Bonchev–Trinajstić information content (AvgIpc) is 3.32. The second-order valence-electron chi connectivity index (χ2n) is 9.98. The topological polar surface area (TPSA) is 65.0 Å². The summed E-state index contributed by atoms with van der Waals surface area (Å²) in [6, 6.07) is 14.5. The van der Waals surface area contributed by atoms with E-state index >= 15 is 0 Å². The Morgan fingerprint density at radius 3 is 2.59 bits per heavy atom. The van der Waals surface area contributed by atoms with Gasteiger partial charge in [-0.25, -0.2) is 24.2 Å². The second kappa shape index (κ2) is 8.59. The van der Waals surface area contributed by atoms with Crippen LogP contribution in [0.3, 0.4) is 0 Å². The number of rotatable bonds is 3. The van der Waals surface area contributed by atoms with Crippen molar-refractivity contribution in [3.63, 3.8) is 0 Å². The molecular weight excluding hydrogens is 465 g/mol. The molecular formula is C30H24FN5O. The fraction of sp³-hybridized carbons (Fsp3) is 0.233. The minimum absolute atomic E-state index is 0.0366. The number of imidazole rings is 1. The number of allylic oxidation sites excluding steroid dienone is 2. The third-order valence-corrected chi connectivity index (χ3v) is 7.85. The predicted octanol–water partition coefficient (Wildman–Crippen LogP) is 5.98. The van der Waals surface area contributed by atoms with Gasteiger partial charge < -0.3 is 4.79 Å². The first-order valence-corrected chi connectivity index (χ1v) is 12.3. The summed E-state index contributed by atoms with van der Waals surface area (Å²) in [6.45, 7) is 11.6. The molecule has 2 aliphatic carbocycles. The van der Waals surface area contributed by atoms with Gasteiger partial charge in [0.15, 0.2) is 5.78 Å². The third kappa shape index (κ3) is 3.60. The Hall–Kier alpha value is -4.44. The Labute approximate surface area is 214 Å². The van der Waals surface area contributed by atoms with Crippen LogP contribution in [0.4, 0.5) is 4.39 Å². The van der Waals surface area contributed by atoms with Crippen molar-refractivity contribution in [2.75, 3.05) is 0 Å². The monoisotopic (exact) mass is 489 g/mol. The molecule has 4 aromatic rings. The zero-order chi connectivity index (χ0) is 25.7. The Morgan fingerprint density at radius 2 is 1.84 bits per heavy atom. The van der Waals surface area contributed by atoms with Gasteiger partial charge in [0.1, 0.15) is 18.0 Å². The lowest BCUT2D eigenvalue weighted by Gasteiger charge is -2.44. The van der Waals surface area contributed by atoms with Crippen LogP contribution in [0.25, 0.3) is 33.0 Å². The molecule has 6 nitrogen and oxygen atoms in total. The fourth-order valence-electron chi connectivity index (χ4n) is 6.06. The number of hydrogen-bond donors (Lipinski definition) is 0. The van der Waals surface area contributed by atoms with Gasteiger partial charge in [-0.15, -0.1) is 0 Å². The molecule has 0 radical (unpaired) electrons. The number of benzene rings is 2. The van der Waals surface area contributed by atoms with Crippen LogP contribution < -0.4 is 0 Å². The summed E-state index contributed by atoms with van der Waals surface area (Å²) in [5.74, 6) is 0.0426. The van der Waals surface area contributed by atoms with E-state index in [1.807, 2.05) is 47.9 Å². The molecule has 2 aromatic carbocycles. The van der Waals surface area contributed by atoms with E-state index in [0.717, 1.165) is 34.5 Å². The molecule has 0 unspecified atom stereocenters. The summed E-state index contributed by atoms with van der Waals surface area (Å²) < 4.78 is 16.5. The van der Waals surface area contributed by atoms with Gasteiger partial charge >= 0.3 is 0 Å². The van der Waals surface area contributed by atoms with E-state index in [2.05, 4.69) is 21.7 Å². The van der Waals surface area contributed by atoms with E-state index in [-0.39, 0.29) is 29.1 Å². The largest absolute Gasteiger partial charge is 0.308 e. The number of carbonyl (C=O) groups excluding carboxylic acids is 1. The lowest BCUT2D eigenvalue weighted by Crippen LogP contribution is -2.45. The van der Waals surface area contributed by atoms with Gasteiger partial charge in [0.2, 0.25) is 5.70 Å². The molecule has 7 heteroatoms. The van der Waals surface area contributed by atoms with Gasteiger partial charge in [0.25, 0.3) is 0 Å². The summed E-state index contributed by atoms with van der Waals surface area (Å²) in [6.07, 6.45) is 8.31. The molecule has 2 aliphatic rings. The van der Waals surface area contributed by atoms with Crippen LogP contribution in [0.2, 0.25) is 0 Å².